The number of halogens is 2. The Morgan fingerprint density at radius 2 is 1.00 bits per heavy atom. The minimum atomic E-state index is 0.198. The molecule has 2 rings (SSSR count). The van der Waals surface area contributed by atoms with Crippen molar-refractivity contribution in [1.29, 1.82) is 0 Å². The largest absolute Gasteiger partial charge is 0.576 e. The molecule has 0 radical (unpaired) electrons. The molecule has 0 saturated heterocycles. The van der Waals surface area contributed by atoms with E-state index in [1.54, 1.807) is 0 Å². The molecule has 0 bridgehead atoms. The van der Waals surface area contributed by atoms with E-state index in [1.165, 1.54) is 0 Å². The molecule has 17 heavy (non-hydrogen) atoms. The van der Waals surface area contributed by atoms with Gasteiger partial charge in [-0.2, -0.15) is 0 Å². The molecule has 0 aliphatic rings. The summed E-state index contributed by atoms with van der Waals surface area (Å²) >= 11 is 6.73. The molecule has 0 aromatic heterocycles. The monoisotopic (exact) mass is 354 g/mol. The maximum absolute atomic E-state index is 5.44. The second-order valence-electron chi connectivity index (χ2n) is 3.31. The van der Waals surface area contributed by atoms with Crippen molar-refractivity contribution < 1.29 is 9.31 Å². The maximum atomic E-state index is 5.44. The van der Waals surface area contributed by atoms with Crippen LogP contribution in [0.2, 0.25) is 0 Å². The van der Waals surface area contributed by atoms with Crippen LogP contribution in [0.15, 0.2) is 57.5 Å². The quantitative estimate of drug-likeness (QED) is 0.773. The lowest BCUT2D eigenvalue weighted by molar-refractivity contribution is 0.459. The smallest absolute Gasteiger partial charge is 0.529 e. The normalized spacial score (nSPS) is 9.76. The van der Waals surface area contributed by atoms with Crippen LogP contribution in [0.3, 0.4) is 0 Å². The fraction of sp³-hybridized carbons (Fsp3) is 0. The van der Waals surface area contributed by atoms with Crippen molar-refractivity contribution >= 4 is 39.5 Å². The fourth-order valence-corrected chi connectivity index (χ4v) is 1.76. The van der Waals surface area contributed by atoms with Gasteiger partial charge in [0.1, 0.15) is 11.5 Å². The molecule has 5 heteroatoms. The van der Waals surface area contributed by atoms with E-state index < -0.39 is 0 Å². The highest BCUT2D eigenvalue weighted by atomic mass is 79.9. The van der Waals surface area contributed by atoms with Gasteiger partial charge in [-0.3, -0.25) is 0 Å². The van der Waals surface area contributed by atoms with Gasteiger partial charge in [0, 0.05) is 8.95 Å². The van der Waals surface area contributed by atoms with E-state index in [0.717, 1.165) is 20.4 Å². The zero-order valence-electron chi connectivity index (χ0n) is 8.90. The third-order valence-electron chi connectivity index (χ3n) is 2.08. The molecule has 0 aliphatic carbocycles. The highest BCUT2D eigenvalue weighted by molar-refractivity contribution is 9.10. The average molecular weight is 356 g/mol. The number of hydrogen-bond donors (Lipinski definition) is 0. The summed E-state index contributed by atoms with van der Waals surface area (Å²) in [4.78, 5) is 0. The van der Waals surface area contributed by atoms with Gasteiger partial charge in [-0.25, -0.2) is 0 Å². The van der Waals surface area contributed by atoms with Gasteiger partial charge in [0.05, 0.1) is 0 Å². The average Bonchev–Trinajstić information content (AvgIpc) is 2.34. The predicted molar refractivity (Wildman–Crippen MR) is 76.7 cm³/mol. The first-order valence-corrected chi connectivity index (χ1v) is 6.59. The summed E-state index contributed by atoms with van der Waals surface area (Å²) in [5.74, 6) is 1.57. The van der Waals surface area contributed by atoms with E-state index in [-0.39, 0.29) is 7.69 Å². The summed E-state index contributed by atoms with van der Waals surface area (Å²) in [6.07, 6.45) is 0. The highest BCUT2D eigenvalue weighted by Gasteiger charge is 1.99. The van der Waals surface area contributed by atoms with E-state index in [0.29, 0.717) is 0 Å². The van der Waals surface area contributed by atoms with Crippen LogP contribution in [0.4, 0.5) is 0 Å². The second kappa shape index (κ2) is 6.12. The zero-order chi connectivity index (χ0) is 12.1. The molecule has 0 N–H and O–H groups in total. The van der Waals surface area contributed by atoms with E-state index in [2.05, 4.69) is 31.9 Å². The SMILES string of the molecule is Brc1ccc(OBOc2ccc(Br)cc2)cc1. The van der Waals surface area contributed by atoms with Crippen LogP contribution >= 0.6 is 31.9 Å². The third kappa shape index (κ3) is 4.09. The van der Waals surface area contributed by atoms with Gasteiger partial charge in [-0.05, 0) is 48.5 Å². The predicted octanol–water partition coefficient (Wildman–Crippen LogP) is 3.94. The molecule has 2 aromatic rings. The first-order chi connectivity index (χ1) is 8.24. The van der Waals surface area contributed by atoms with Crippen LogP contribution in [0, 0.1) is 0 Å². The molecule has 0 aliphatic heterocycles. The van der Waals surface area contributed by atoms with Crippen LogP contribution in [0.25, 0.3) is 0 Å². The molecule has 0 amide bonds. The number of rotatable bonds is 4. The lowest BCUT2D eigenvalue weighted by Gasteiger charge is -2.07. The molecule has 86 valence electrons. The van der Waals surface area contributed by atoms with Crippen molar-refractivity contribution in [3.8, 4) is 11.5 Å². The van der Waals surface area contributed by atoms with Crippen molar-refractivity contribution in [1.82, 2.24) is 0 Å². The van der Waals surface area contributed by atoms with Crippen molar-refractivity contribution in [2.75, 3.05) is 0 Å². The van der Waals surface area contributed by atoms with Gasteiger partial charge in [-0.15, -0.1) is 0 Å². The van der Waals surface area contributed by atoms with E-state index in [9.17, 15) is 0 Å². The Balaban J connectivity index is 1.83. The molecule has 2 aromatic carbocycles. The molecule has 0 spiro atoms. The topological polar surface area (TPSA) is 18.5 Å². The molecule has 0 atom stereocenters. The Morgan fingerprint density at radius 3 is 1.35 bits per heavy atom. The fourth-order valence-electron chi connectivity index (χ4n) is 1.23. The Kier molecular flexibility index (Phi) is 4.51. The van der Waals surface area contributed by atoms with Crippen LogP contribution in [-0.4, -0.2) is 7.69 Å². The molecule has 0 unspecified atom stereocenters. The summed E-state index contributed by atoms with van der Waals surface area (Å²) in [6, 6.07) is 15.2. The van der Waals surface area contributed by atoms with Gasteiger partial charge in [0.2, 0.25) is 0 Å². The van der Waals surface area contributed by atoms with Crippen molar-refractivity contribution in [2.45, 2.75) is 0 Å². The van der Waals surface area contributed by atoms with Crippen LogP contribution in [0.5, 0.6) is 11.5 Å². The van der Waals surface area contributed by atoms with Gasteiger partial charge in [0.15, 0.2) is 0 Å². The molecule has 0 saturated carbocycles. The van der Waals surface area contributed by atoms with Crippen LogP contribution in [-0.2, 0) is 0 Å². The summed E-state index contributed by atoms with van der Waals surface area (Å²) in [7, 11) is 0.198. The molecule has 0 fully saturated rings. The van der Waals surface area contributed by atoms with Crippen molar-refractivity contribution in [2.24, 2.45) is 0 Å². The summed E-state index contributed by atoms with van der Waals surface area (Å²) in [5, 5.41) is 0. The standard InChI is InChI=1S/C12H9BBr2O2/c14-9-1-5-11(6-2-9)16-13-17-12-7-3-10(15)4-8-12/h1-8,13H. The van der Waals surface area contributed by atoms with Crippen molar-refractivity contribution in [3.05, 3.63) is 57.5 Å². The van der Waals surface area contributed by atoms with Gasteiger partial charge in [0.25, 0.3) is 0 Å². The second-order valence-corrected chi connectivity index (χ2v) is 5.15. The maximum Gasteiger partial charge on any atom is 0.576 e. The minimum absolute atomic E-state index is 0.198. The van der Waals surface area contributed by atoms with Crippen LogP contribution in [0.1, 0.15) is 0 Å². The van der Waals surface area contributed by atoms with Gasteiger partial charge >= 0.3 is 7.69 Å². The Morgan fingerprint density at radius 1 is 0.647 bits per heavy atom. The van der Waals surface area contributed by atoms with Gasteiger partial charge in [-0.1, -0.05) is 31.9 Å². The van der Waals surface area contributed by atoms with Crippen molar-refractivity contribution in [3.63, 3.8) is 0 Å². The Labute approximate surface area is 118 Å². The first kappa shape index (κ1) is 12.5. The zero-order valence-corrected chi connectivity index (χ0v) is 12.1. The minimum Gasteiger partial charge on any atom is -0.529 e. The lowest BCUT2D eigenvalue weighted by atomic mass is 10.3. The van der Waals surface area contributed by atoms with E-state index in [4.69, 9.17) is 9.31 Å². The highest BCUT2D eigenvalue weighted by Crippen LogP contribution is 2.17. The molecular weight excluding hydrogens is 347 g/mol. The molecule has 2 nitrogen and oxygen atoms in total. The number of hydrogen-bond acceptors (Lipinski definition) is 2. The van der Waals surface area contributed by atoms with E-state index in [1.807, 2.05) is 48.5 Å². The lowest BCUT2D eigenvalue weighted by Crippen LogP contribution is -2.10. The molecular formula is C12H9BBr2O2. The first-order valence-electron chi connectivity index (χ1n) is 5.01. The number of benzene rings is 2. The molecule has 0 heterocycles. The third-order valence-corrected chi connectivity index (χ3v) is 3.14. The summed E-state index contributed by atoms with van der Waals surface area (Å²) < 4.78 is 12.9. The Hall–Kier alpha value is -0.935. The summed E-state index contributed by atoms with van der Waals surface area (Å²) in [5.41, 5.74) is 0. The van der Waals surface area contributed by atoms with Crippen LogP contribution < -0.4 is 9.31 Å². The van der Waals surface area contributed by atoms with Gasteiger partial charge < -0.3 is 9.31 Å². The van der Waals surface area contributed by atoms with E-state index >= 15 is 0 Å². The summed E-state index contributed by atoms with van der Waals surface area (Å²) in [6.45, 7) is 0. The Bertz CT molecular complexity index is 425.